The van der Waals surface area contributed by atoms with Gasteiger partial charge in [0.25, 0.3) is 0 Å². The van der Waals surface area contributed by atoms with Crippen molar-refractivity contribution >= 4 is 20.0 Å². The Hall–Kier alpha value is -0.960. The van der Waals surface area contributed by atoms with E-state index in [0.717, 1.165) is 31.2 Å². The maximum absolute atomic E-state index is 12.4. The maximum Gasteiger partial charge on any atom is 0.240 e. The zero-order valence-corrected chi connectivity index (χ0v) is 16.9. The van der Waals surface area contributed by atoms with E-state index < -0.39 is 20.0 Å². The zero-order valence-electron chi connectivity index (χ0n) is 15.2. The highest BCUT2D eigenvalue weighted by Gasteiger charge is 2.41. The highest BCUT2D eigenvalue weighted by Crippen LogP contribution is 2.33. The quantitative estimate of drug-likeness (QED) is 0.724. The molecule has 3 rings (SSSR count). The predicted octanol–water partition coefficient (Wildman–Crippen LogP) is 2.12. The molecule has 6 nitrogen and oxygen atoms in total. The summed E-state index contributed by atoms with van der Waals surface area (Å²) in [4.78, 5) is 0.283. The normalized spacial score (nSPS) is 20.3. The fourth-order valence-electron chi connectivity index (χ4n) is 3.38. The molecule has 2 aliphatic rings. The van der Waals surface area contributed by atoms with Gasteiger partial charge in [0.15, 0.2) is 0 Å². The third kappa shape index (κ3) is 4.65. The molecule has 1 aliphatic heterocycles. The van der Waals surface area contributed by atoms with Crippen molar-refractivity contribution in [1.82, 2.24) is 9.03 Å². The van der Waals surface area contributed by atoms with E-state index in [4.69, 9.17) is 0 Å². The van der Waals surface area contributed by atoms with E-state index >= 15 is 0 Å². The van der Waals surface area contributed by atoms with Crippen molar-refractivity contribution in [3.63, 3.8) is 0 Å². The summed E-state index contributed by atoms with van der Waals surface area (Å²) in [5.74, 6) is 0.176. The lowest BCUT2D eigenvalue weighted by molar-refractivity contribution is 0.274. The molecule has 1 saturated heterocycles. The zero-order chi connectivity index (χ0) is 18.8. The van der Waals surface area contributed by atoms with Gasteiger partial charge < -0.3 is 0 Å². The van der Waals surface area contributed by atoms with Gasteiger partial charge in [0, 0.05) is 19.6 Å². The summed E-state index contributed by atoms with van der Waals surface area (Å²) in [6.07, 6.45) is 4.92. The van der Waals surface area contributed by atoms with Crippen LogP contribution in [0, 0.1) is 5.92 Å². The van der Waals surface area contributed by atoms with Crippen LogP contribution in [-0.4, -0.2) is 46.0 Å². The van der Waals surface area contributed by atoms with Crippen LogP contribution in [0.25, 0.3) is 0 Å². The monoisotopic (exact) mass is 400 g/mol. The number of nitrogens with one attached hydrogen (secondary N) is 1. The molecule has 1 aliphatic carbocycles. The molecule has 1 aromatic carbocycles. The molecule has 0 radical (unpaired) electrons. The molecule has 0 bridgehead atoms. The summed E-state index contributed by atoms with van der Waals surface area (Å²) in [5.41, 5.74) is 1.13. The molecule has 0 amide bonds. The van der Waals surface area contributed by atoms with E-state index in [9.17, 15) is 16.8 Å². The van der Waals surface area contributed by atoms with Gasteiger partial charge in [0.05, 0.1) is 10.1 Å². The maximum atomic E-state index is 12.4. The van der Waals surface area contributed by atoms with Crippen molar-refractivity contribution in [1.29, 1.82) is 0 Å². The van der Waals surface area contributed by atoms with Crippen LogP contribution < -0.4 is 4.72 Å². The number of nitrogens with zero attached hydrogens (tertiary/aromatic N) is 1. The van der Waals surface area contributed by atoms with Crippen molar-refractivity contribution in [2.24, 2.45) is 5.92 Å². The van der Waals surface area contributed by atoms with Crippen LogP contribution in [0.5, 0.6) is 0 Å². The van der Waals surface area contributed by atoms with Gasteiger partial charge in [-0.05, 0) is 55.7 Å². The smallest absolute Gasteiger partial charge is 0.212 e. The van der Waals surface area contributed by atoms with Crippen LogP contribution in [0.2, 0.25) is 0 Å². The lowest BCUT2D eigenvalue weighted by atomic mass is 9.99. The molecule has 1 aromatic rings. The van der Waals surface area contributed by atoms with E-state index in [1.54, 1.807) is 16.4 Å². The van der Waals surface area contributed by atoms with Crippen LogP contribution in [0.15, 0.2) is 29.2 Å². The first-order valence-electron chi connectivity index (χ1n) is 9.40. The molecule has 1 heterocycles. The van der Waals surface area contributed by atoms with Gasteiger partial charge in [-0.15, -0.1) is 0 Å². The van der Waals surface area contributed by atoms with Crippen molar-refractivity contribution in [3.8, 4) is 0 Å². The fraction of sp³-hybridized carbons (Fsp3) is 0.667. The summed E-state index contributed by atoms with van der Waals surface area (Å²) < 4.78 is 53.7. The number of benzene rings is 1. The molecule has 0 atom stereocenters. The molecule has 146 valence electrons. The SMILES string of the molecule is CCCc1ccc(S(=O)(=O)NCC2CCN(S(=O)(=O)C3CC3)CC2)cc1. The summed E-state index contributed by atoms with van der Waals surface area (Å²) in [5, 5.41) is -0.173. The number of piperidine rings is 1. The first kappa shape index (κ1) is 19.8. The molecule has 0 spiro atoms. The first-order chi connectivity index (χ1) is 12.3. The minimum atomic E-state index is -3.52. The minimum absolute atomic E-state index is 0.173. The number of aryl methyl sites for hydroxylation is 1. The minimum Gasteiger partial charge on any atom is -0.212 e. The second-order valence-electron chi connectivity index (χ2n) is 7.33. The second kappa shape index (κ2) is 7.96. The fourth-order valence-corrected chi connectivity index (χ4v) is 6.37. The Balaban J connectivity index is 1.51. The van der Waals surface area contributed by atoms with Gasteiger partial charge >= 0.3 is 0 Å². The van der Waals surface area contributed by atoms with Crippen LogP contribution >= 0.6 is 0 Å². The highest BCUT2D eigenvalue weighted by molar-refractivity contribution is 7.90. The highest BCUT2D eigenvalue weighted by atomic mass is 32.2. The van der Waals surface area contributed by atoms with Crippen molar-refractivity contribution in [3.05, 3.63) is 29.8 Å². The van der Waals surface area contributed by atoms with Crippen molar-refractivity contribution < 1.29 is 16.8 Å². The van der Waals surface area contributed by atoms with Gasteiger partial charge in [0.2, 0.25) is 20.0 Å². The van der Waals surface area contributed by atoms with Crippen molar-refractivity contribution in [2.45, 2.75) is 55.6 Å². The Morgan fingerprint density at radius 2 is 1.62 bits per heavy atom. The van der Waals surface area contributed by atoms with Gasteiger partial charge in [-0.1, -0.05) is 25.5 Å². The van der Waals surface area contributed by atoms with Crippen LogP contribution in [0.1, 0.15) is 44.6 Å². The Kier molecular flexibility index (Phi) is 6.06. The summed E-state index contributed by atoms with van der Waals surface area (Å²) in [7, 11) is -6.63. The largest absolute Gasteiger partial charge is 0.240 e. The van der Waals surface area contributed by atoms with E-state index in [1.807, 2.05) is 12.1 Å². The molecule has 0 aromatic heterocycles. The average molecular weight is 401 g/mol. The van der Waals surface area contributed by atoms with Gasteiger partial charge in [-0.25, -0.2) is 25.9 Å². The number of hydrogen-bond donors (Lipinski definition) is 1. The predicted molar refractivity (Wildman–Crippen MR) is 102 cm³/mol. The Labute approximate surface area is 157 Å². The molecule has 8 heteroatoms. The van der Waals surface area contributed by atoms with E-state index in [2.05, 4.69) is 11.6 Å². The molecule has 1 saturated carbocycles. The molecular weight excluding hydrogens is 372 g/mol. The van der Waals surface area contributed by atoms with Crippen LogP contribution in [-0.2, 0) is 26.5 Å². The lowest BCUT2D eigenvalue weighted by Crippen LogP contribution is -2.42. The summed E-state index contributed by atoms with van der Waals surface area (Å²) in [6.45, 7) is 3.44. The molecule has 26 heavy (non-hydrogen) atoms. The van der Waals surface area contributed by atoms with Crippen LogP contribution in [0.3, 0.4) is 0 Å². The second-order valence-corrected chi connectivity index (χ2v) is 11.3. The Morgan fingerprint density at radius 1 is 1.00 bits per heavy atom. The molecule has 2 fully saturated rings. The Bertz CT molecular complexity index is 807. The van der Waals surface area contributed by atoms with E-state index in [-0.39, 0.29) is 16.1 Å². The Morgan fingerprint density at radius 3 is 2.15 bits per heavy atom. The molecular formula is C18H28N2O4S2. The lowest BCUT2D eigenvalue weighted by Gasteiger charge is -2.31. The number of rotatable bonds is 8. The summed E-state index contributed by atoms with van der Waals surface area (Å²) >= 11 is 0. The molecule has 0 unspecified atom stereocenters. The molecule has 1 N–H and O–H groups in total. The van der Waals surface area contributed by atoms with E-state index in [1.165, 1.54) is 0 Å². The topological polar surface area (TPSA) is 83.6 Å². The van der Waals surface area contributed by atoms with Gasteiger partial charge in [0.1, 0.15) is 0 Å². The van der Waals surface area contributed by atoms with E-state index in [0.29, 0.717) is 32.5 Å². The number of hydrogen-bond acceptors (Lipinski definition) is 4. The first-order valence-corrected chi connectivity index (χ1v) is 12.4. The summed E-state index contributed by atoms with van der Waals surface area (Å²) in [6, 6.07) is 7.02. The van der Waals surface area contributed by atoms with Crippen LogP contribution in [0.4, 0.5) is 0 Å². The van der Waals surface area contributed by atoms with Gasteiger partial charge in [-0.2, -0.15) is 0 Å². The van der Waals surface area contributed by atoms with Gasteiger partial charge in [-0.3, -0.25) is 0 Å². The average Bonchev–Trinajstić information content (AvgIpc) is 3.47. The third-order valence-electron chi connectivity index (χ3n) is 5.21. The standard InChI is InChI=1S/C18H28N2O4S2/c1-2-3-15-4-6-17(7-5-15)25(21,22)19-14-16-10-12-20(13-11-16)26(23,24)18-8-9-18/h4-7,16,18-19H,2-3,8-14H2,1H3. The van der Waals surface area contributed by atoms with Crippen molar-refractivity contribution in [2.75, 3.05) is 19.6 Å². The third-order valence-corrected chi connectivity index (χ3v) is 9.05. The number of sulfonamides is 2.